The number of nitrogens with one attached hydrogen (secondary N) is 1. The number of carbonyl (C=O) groups excluding carboxylic acids is 2. The largest absolute Gasteiger partial charge is 0.354 e. The Bertz CT molecular complexity index is 247. The van der Waals surface area contributed by atoms with Crippen LogP contribution in [-0.2, 0) is 9.59 Å². The average molecular weight is 255 g/mol. The van der Waals surface area contributed by atoms with Crippen molar-refractivity contribution >= 4 is 11.7 Å². The summed E-state index contributed by atoms with van der Waals surface area (Å²) in [5.74, 6) is 0.691. The minimum absolute atomic E-state index is 0.153. The number of Topliss-reactive ketones (excluding diaryl/α,β-unsaturated/α-hetero) is 1. The van der Waals surface area contributed by atoms with Gasteiger partial charge in [0.05, 0.1) is 0 Å². The molecule has 1 N–H and O–H groups in total. The van der Waals surface area contributed by atoms with Gasteiger partial charge in [0.1, 0.15) is 5.78 Å². The van der Waals surface area contributed by atoms with Crippen molar-refractivity contribution in [1.82, 2.24) is 5.32 Å². The second-order valence-corrected chi connectivity index (χ2v) is 5.61. The molecule has 0 aromatic heterocycles. The molecule has 18 heavy (non-hydrogen) atoms. The van der Waals surface area contributed by atoms with Gasteiger partial charge < -0.3 is 5.32 Å². The van der Waals surface area contributed by atoms with Gasteiger partial charge in [-0.25, -0.2) is 0 Å². The van der Waals surface area contributed by atoms with Crippen LogP contribution in [-0.4, -0.2) is 17.7 Å². The van der Waals surface area contributed by atoms with E-state index in [1.165, 1.54) is 0 Å². The summed E-state index contributed by atoms with van der Waals surface area (Å²) in [6.07, 6.45) is 6.60. The van der Waals surface area contributed by atoms with E-state index in [0.29, 0.717) is 18.6 Å². The second-order valence-electron chi connectivity index (χ2n) is 5.61. The molecule has 3 nitrogen and oxygen atoms in total. The zero-order chi connectivity index (χ0) is 14.0. The van der Waals surface area contributed by atoms with E-state index in [0.717, 1.165) is 32.1 Å². The first-order valence-electron chi connectivity index (χ1n) is 7.25. The fourth-order valence-electron chi connectivity index (χ4n) is 1.80. The fraction of sp³-hybridized carbons (Fsp3) is 0.867. The molecule has 0 aliphatic carbocycles. The molecule has 0 atom stereocenters. The zero-order valence-corrected chi connectivity index (χ0v) is 12.4. The maximum atomic E-state index is 11.4. The molecule has 0 saturated heterocycles. The Balaban J connectivity index is 3.31. The van der Waals surface area contributed by atoms with Gasteiger partial charge in [0, 0.05) is 24.8 Å². The van der Waals surface area contributed by atoms with E-state index >= 15 is 0 Å². The van der Waals surface area contributed by atoms with Gasteiger partial charge in [-0.15, -0.1) is 0 Å². The summed E-state index contributed by atoms with van der Waals surface area (Å²) in [6.45, 7) is 7.86. The highest BCUT2D eigenvalue weighted by Gasteiger charge is 2.06. The molecule has 0 aromatic rings. The van der Waals surface area contributed by atoms with E-state index in [2.05, 4.69) is 5.32 Å². The highest BCUT2D eigenvalue weighted by molar-refractivity contribution is 5.80. The Kier molecular flexibility index (Phi) is 9.62. The molecule has 0 saturated carbocycles. The second kappa shape index (κ2) is 10.1. The molecule has 0 aliphatic rings. The van der Waals surface area contributed by atoms with E-state index in [-0.39, 0.29) is 17.9 Å². The quantitative estimate of drug-likeness (QED) is 0.608. The van der Waals surface area contributed by atoms with Crippen LogP contribution >= 0.6 is 0 Å². The molecule has 0 fully saturated rings. The molecule has 0 aromatic carbocycles. The van der Waals surface area contributed by atoms with Gasteiger partial charge in [-0.05, 0) is 26.7 Å². The Labute approximate surface area is 112 Å². The average Bonchev–Trinajstić information content (AvgIpc) is 2.26. The van der Waals surface area contributed by atoms with Gasteiger partial charge in [-0.3, -0.25) is 9.59 Å². The van der Waals surface area contributed by atoms with Crippen LogP contribution in [0.1, 0.15) is 72.6 Å². The van der Waals surface area contributed by atoms with Crippen molar-refractivity contribution in [3.8, 4) is 0 Å². The van der Waals surface area contributed by atoms with Crippen molar-refractivity contribution in [1.29, 1.82) is 0 Å². The zero-order valence-electron chi connectivity index (χ0n) is 12.4. The summed E-state index contributed by atoms with van der Waals surface area (Å²) < 4.78 is 0. The lowest BCUT2D eigenvalue weighted by molar-refractivity contribution is -0.122. The van der Waals surface area contributed by atoms with Crippen LogP contribution in [0, 0.1) is 5.92 Å². The van der Waals surface area contributed by atoms with Crippen molar-refractivity contribution in [3.05, 3.63) is 0 Å². The molecule has 1 amide bonds. The number of hydrogen-bond acceptors (Lipinski definition) is 2. The number of ketones is 1. The summed E-state index contributed by atoms with van der Waals surface area (Å²) in [5.41, 5.74) is 0. The molecular formula is C15H29NO2. The Morgan fingerprint density at radius 1 is 0.833 bits per heavy atom. The first-order valence-corrected chi connectivity index (χ1v) is 7.25. The monoisotopic (exact) mass is 255 g/mol. The fourth-order valence-corrected chi connectivity index (χ4v) is 1.80. The van der Waals surface area contributed by atoms with Crippen LogP contribution < -0.4 is 5.32 Å². The molecular weight excluding hydrogens is 226 g/mol. The van der Waals surface area contributed by atoms with Crippen molar-refractivity contribution < 1.29 is 9.59 Å². The summed E-state index contributed by atoms with van der Waals surface area (Å²) >= 11 is 0. The minimum Gasteiger partial charge on any atom is -0.354 e. The van der Waals surface area contributed by atoms with Gasteiger partial charge in [-0.2, -0.15) is 0 Å². The van der Waals surface area contributed by atoms with Crippen LogP contribution in [0.2, 0.25) is 0 Å². The van der Waals surface area contributed by atoms with E-state index in [9.17, 15) is 9.59 Å². The van der Waals surface area contributed by atoms with Gasteiger partial charge in [0.15, 0.2) is 0 Å². The lowest BCUT2D eigenvalue weighted by Gasteiger charge is -2.08. The molecule has 0 radical (unpaired) electrons. The third-order valence-electron chi connectivity index (χ3n) is 2.92. The third kappa shape index (κ3) is 10.3. The van der Waals surface area contributed by atoms with Gasteiger partial charge in [0.25, 0.3) is 0 Å². The Morgan fingerprint density at radius 2 is 1.33 bits per heavy atom. The lowest BCUT2D eigenvalue weighted by atomic mass is 10.0. The Morgan fingerprint density at radius 3 is 1.83 bits per heavy atom. The number of hydrogen-bond donors (Lipinski definition) is 1. The number of rotatable bonds is 10. The van der Waals surface area contributed by atoms with Crippen LogP contribution in [0.3, 0.4) is 0 Å². The molecule has 0 unspecified atom stereocenters. The molecule has 3 heteroatoms. The van der Waals surface area contributed by atoms with Gasteiger partial charge in [0.2, 0.25) is 5.91 Å². The topological polar surface area (TPSA) is 46.2 Å². The number of unbranched alkanes of at least 4 members (excludes halogenated alkanes) is 4. The highest BCUT2D eigenvalue weighted by Crippen LogP contribution is 2.09. The number of carbonyl (C=O) groups is 2. The van der Waals surface area contributed by atoms with Crippen molar-refractivity contribution in [3.63, 3.8) is 0 Å². The summed E-state index contributed by atoms with van der Waals surface area (Å²) in [7, 11) is 0. The van der Waals surface area contributed by atoms with Crippen molar-refractivity contribution in [2.24, 2.45) is 5.92 Å². The number of amides is 1. The third-order valence-corrected chi connectivity index (χ3v) is 2.92. The molecule has 0 aliphatic heterocycles. The first kappa shape index (κ1) is 17.1. The van der Waals surface area contributed by atoms with Gasteiger partial charge in [-0.1, -0.05) is 33.1 Å². The normalized spacial score (nSPS) is 11.0. The van der Waals surface area contributed by atoms with Gasteiger partial charge >= 0.3 is 0 Å². The van der Waals surface area contributed by atoms with Crippen LogP contribution in [0.25, 0.3) is 0 Å². The van der Waals surface area contributed by atoms with Crippen LogP contribution in [0.15, 0.2) is 0 Å². The van der Waals surface area contributed by atoms with E-state index in [1.807, 2.05) is 27.7 Å². The van der Waals surface area contributed by atoms with Crippen LogP contribution in [0.4, 0.5) is 0 Å². The maximum Gasteiger partial charge on any atom is 0.220 e. The van der Waals surface area contributed by atoms with Crippen molar-refractivity contribution in [2.75, 3.05) is 0 Å². The Hall–Kier alpha value is -0.860. The standard InChI is InChI=1S/C15H29NO2/c1-12(2)14(17)10-8-6-5-7-9-11-15(18)16-13(3)4/h12-13H,5-11H2,1-4H3,(H,16,18). The maximum absolute atomic E-state index is 11.4. The van der Waals surface area contributed by atoms with E-state index in [1.54, 1.807) is 0 Å². The molecule has 0 bridgehead atoms. The lowest BCUT2D eigenvalue weighted by Crippen LogP contribution is -2.29. The predicted molar refractivity (Wildman–Crippen MR) is 75.4 cm³/mol. The molecule has 0 spiro atoms. The van der Waals surface area contributed by atoms with Crippen molar-refractivity contribution in [2.45, 2.75) is 78.7 Å². The minimum atomic E-state index is 0.153. The SMILES string of the molecule is CC(C)NC(=O)CCCCCCCC(=O)C(C)C. The van der Waals surface area contributed by atoms with E-state index < -0.39 is 0 Å². The van der Waals surface area contributed by atoms with Crippen LogP contribution in [0.5, 0.6) is 0 Å². The summed E-state index contributed by atoms with van der Waals surface area (Å²) in [6, 6.07) is 0.236. The molecule has 0 rings (SSSR count). The first-order chi connectivity index (χ1) is 8.43. The summed E-state index contributed by atoms with van der Waals surface area (Å²) in [5, 5.41) is 2.89. The molecule has 0 heterocycles. The predicted octanol–water partition coefficient (Wildman–Crippen LogP) is 3.47. The van der Waals surface area contributed by atoms with E-state index in [4.69, 9.17) is 0 Å². The smallest absolute Gasteiger partial charge is 0.220 e. The molecule has 106 valence electrons. The summed E-state index contributed by atoms with van der Waals surface area (Å²) in [4.78, 5) is 22.7. The highest BCUT2D eigenvalue weighted by atomic mass is 16.1.